The van der Waals surface area contributed by atoms with E-state index in [-0.39, 0.29) is 6.04 Å². The summed E-state index contributed by atoms with van der Waals surface area (Å²) in [4.78, 5) is 0. The van der Waals surface area contributed by atoms with Gasteiger partial charge in [0.2, 0.25) is 0 Å². The molecule has 0 spiro atoms. The van der Waals surface area contributed by atoms with E-state index in [9.17, 15) is 0 Å². The molecule has 1 aromatic heterocycles. The fourth-order valence-electron chi connectivity index (χ4n) is 2.56. The molecule has 0 aliphatic heterocycles. The van der Waals surface area contributed by atoms with Gasteiger partial charge in [-0.3, -0.25) is 5.84 Å². The van der Waals surface area contributed by atoms with Crippen LogP contribution in [0, 0.1) is 2.88 Å². The highest BCUT2D eigenvalue weighted by Crippen LogP contribution is 2.37. The van der Waals surface area contributed by atoms with Gasteiger partial charge in [0.05, 0.1) is 8.93 Å². The van der Waals surface area contributed by atoms with Gasteiger partial charge in [-0.25, -0.2) is 5.43 Å². The minimum absolute atomic E-state index is 0.0928. The number of hydrogen-bond acceptors (Lipinski definition) is 3. The Labute approximate surface area is 131 Å². The lowest BCUT2D eigenvalue weighted by molar-refractivity contribution is 0.419. The summed E-state index contributed by atoms with van der Waals surface area (Å²) in [6.45, 7) is 0. The summed E-state index contributed by atoms with van der Waals surface area (Å²) >= 11 is 4.10. The van der Waals surface area contributed by atoms with Gasteiger partial charge in [0, 0.05) is 0 Å². The van der Waals surface area contributed by atoms with Crippen LogP contribution in [-0.2, 0) is 0 Å². The average Bonchev–Trinajstić information content (AvgIpc) is 2.77. The summed E-state index contributed by atoms with van der Waals surface area (Å²) in [5.74, 6) is 6.53. The van der Waals surface area contributed by atoms with Crippen molar-refractivity contribution in [3.63, 3.8) is 0 Å². The second-order valence-electron chi connectivity index (χ2n) is 5.08. The van der Waals surface area contributed by atoms with E-state index in [1.807, 2.05) is 0 Å². The van der Waals surface area contributed by atoms with Crippen LogP contribution in [0.3, 0.4) is 0 Å². The van der Waals surface area contributed by atoms with Crippen LogP contribution >= 0.6 is 33.9 Å². The summed E-state index contributed by atoms with van der Waals surface area (Å²) in [5, 5.41) is 2.17. The maximum atomic E-state index is 5.73. The van der Waals surface area contributed by atoms with Crippen LogP contribution in [-0.4, -0.2) is 0 Å². The third-order valence-corrected chi connectivity index (χ3v) is 5.74. The lowest BCUT2D eigenvalue weighted by Crippen LogP contribution is -2.28. The predicted molar refractivity (Wildman–Crippen MR) is 89.2 cm³/mol. The summed E-state index contributed by atoms with van der Waals surface area (Å²) in [7, 11) is 0. The maximum Gasteiger partial charge on any atom is 0.0718 e. The van der Waals surface area contributed by atoms with Crippen molar-refractivity contribution in [2.45, 2.75) is 31.2 Å². The van der Waals surface area contributed by atoms with Gasteiger partial charge in [0.15, 0.2) is 0 Å². The third kappa shape index (κ3) is 2.86. The molecule has 19 heavy (non-hydrogen) atoms. The van der Waals surface area contributed by atoms with E-state index in [0.717, 1.165) is 5.92 Å². The van der Waals surface area contributed by atoms with Crippen molar-refractivity contribution in [2.24, 2.45) is 5.84 Å². The first-order valence-corrected chi connectivity index (χ1v) is 8.53. The van der Waals surface area contributed by atoms with Crippen molar-refractivity contribution in [2.75, 3.05) is 0 Å². The van der Waals surface area contributed by atoms with Crippen molar-refractivity contribution >= 4 is 33.9 Å². The standard InChI is InChI=1S/C15H17IN2S/c16-14-8-13(9-19-14)15(18-17)12-6-4-11(5-7-12)10-2-1-3-10/h4-10,15,18H,1-3,17H2. The van der Waals surface area contributed by atoms with E-state index in [1.165, 1.54) is 38.8 Å². The van der Waals surface area contributed by atoms with Gasteiger partial charge in [-0.05, 0) is 69.5 Å². The van der Waals surface area contributed by atoms with Crippen LogP contribution in [0.1, 0.15) is 47.9 Å². The van der Waals surface area contributed by atoms with Crippen molar-refractivity contribution in [3.05, 3.63) is 55.3 Å². The molecule has 0 amide bonds. The first-order chi connectivity index (χ1) is 9.28. The molecule has 3 rings (SSSR count). The predicted octanol–water partition coefficient (Wildman–Crippen LogP) is 4.17. The van der Waals surface area contributed by atoms with E-state index >= 15 is 0 Å². The lowest BCUT2D eigenvalue weighted by atomic mass is 9.80. The molecule has 1 aliphatic rings. The SMILES string of the molecule is NNC(c1ccc(C2CCC2)cc1)c1csc(I)c1. The first-order valence-electron chi connectivity index (χ1n) is 6.58. The Morgan fingerprint density at radius 2 is 1.95 bits per heavy atom. The van der Waals surface area contributed by atoms with Crippen molar-refractivity contribution in [1.29, 1.82) is 0 Å². The summed E-state index contributed by atoms with van der Waals surface area (Å²) in [6.07, 6.45) is 4.08. The molecule has 0 bridgehead atoms. The van der Waals surface area contributed by atoms with Gasteiger partial charge in [0.25, 0.3) is 0 Å². The minimum atomic E-state index is 0.0928. The quantitative estimate of drug-likeness (QED) is 0.472. The molecule has 100 valence electrons. The Kier molecular flexibility index (Phi) is 4.21. The Morgan fingerprint density at radius 3 is 2.42 bits per heavy atom. The Hall–Kier alpha value is -0.430. The highest BCUT2D eigenvalue weighted by Gasteiger charge is 2.20. The number of nitrogens with two attached hydrogens (primary N) is 1. The molecule has 1 atom stereocenters. The zero-order valence-corrected chi connectivity index (χ0v) is 13.6. The van der Waals surface area contributed by atoms with Crippen LogP contribution in [0.2, 0.25) is 0 Å². The van der Waals surface area contributed by atoms with Gasteiger partial charge in [-0.2, -0.15) is 0 Å². The molecule has 0 saturated heterocycles. The van der Waals surface area contributed by atoms with E-state index in [4.69, 9.17) is 5.84 Å². The molecule has 1 saturated carbocycles. The number of halogens is 1. The Balaban J connectivity index is 1.83. The molecule has 2 nitrogen and oxygen atoms in total. The minimum Gasteiger partial charge on any atom is -0.271 e. The maximum absolute atomic E-state index is 5.73. The molecular weight excluding hydrogens is 367 g/mol. The zero-order valence-electron chi connectivity index (χ0n) is 10.6. The van der Waals surface area contributed by atoms with Crippen molar-refractivity contribution in [1.82, 2.24) is 5.43 Å². The number of benzene rings is 1. The van der Waals surface area contributed by atoms with Crippen LogP contribution in [0.5, 0.6) is 0 Å². The molecular formula is C15H17IN2S. The van der Waals surface area contributed by atoms with E-state index in [1.54, 1.807) is 11.3 Å². The van der Waals surface area contributed by atoms with Crippen molar-refractivity contribution < 1.29 is 0 Å². The number of rotatable bonds is 4. The summed E-state index contributed by atoms with van der Waals surface area (Å²) in [5.41, 5.74) is 6.89. The average molecular weight is 384 g/mol. The third-order valence-electron chi connectivity index (χ3n) is 3.93. The van der Waals surface area contributed by atoms with Crippen molar-refractivity contribution in [3.8, 4) is 0 Å². The normalized spacial score (nSPS) is 17.2. The molecule has 1 aromatic carbocycles. The monoisotopic (exact) mass is 384 g/mol. The van der Waals surface area contributed by atoms with E-state index in [2.05, 4.69) is 63.7 Å². The molecule has 1 fully saturated rings. The van der Waals surface area contributed by atoms with Gasteiger partial charge in [-0.15, -0.1) is 11.3 Å². The summed E-state index contributed by atoms with van der Waals surface area (Å²) < 4.78 is 1.29. The van der Waals surface area contributed by atoms with Crippen LogP contribution in [0.15, 0.2) is 35.7 Å². The molecule has 3 N–H and O–H groups in total. The van der Waals surface area contributed by atoms with Crippen LogP contribution < -0.4 is 11.3 Å². The second-order valence-corrected chi connectivity index (χ2v) is 7.88. The highest BCUT2D eigenvalue weighted by molar-refractivity contribution is 14.1. The molecule has 1 heterocycles. The van der Waals surface area contributed by atoms with Gasteiger partial charge in [0.1, 0.15) is 0 Å². The molecule has 1 unspecified atom stereocenters. The number of hydrogen-bond donors (Lipinski definition) is 2. The second kappa shape index (κ2) is 5.91. The van der Waals surface area contributed by atoms with Gasteiger partial charge >= 0.3 is 0 Å². The molecule has 1 aliphatic carbocycles. The zero-order chi connectivity index (χ0) is 13.2. The Morgan fingerprint density at radius 1 is 1.21 bits per heavy atom. The number of hydrazine groups is 1. The van der Waals surface area contributed by atoms with E-state index < -0.39 is 0 Å². The fourth-order valence-corrected chi connectivity index (χ4v) is 3.96. The largest absolute Gasteiger partial charge is 0.271 e. The van der Waals surface area contributed by atoms with Crippen LogP contribution in [0.4, 0.5) is 0 Å². The highest BCUT2D eigenvalue weighted by atomic mass is 127. The fraction of sp³-hybridized carbons (Fsp3) is 0.333. The Bertz CT molecular complexity index is 546. The van der Waals surface area contributed by atoms with E-state index in [0.29, 0.717) is 0 Å². The summed E-state index contributed by atoms with van der Waals surface area (Å²) in [6, 6.07) is 11.2. The molecule has 0 radical (unpaired) electrons. The first kappa shape index (κ1) is 13.5. The van der Waals surface area contributed by atoms with Gasteiger partial charge in [-0.1, -0.05) is 30.7 Å². The van der Waals surface area contributed by atoms with Gasteiger partial charge < -0.3 is 0 Å². The number of nitrogens with one attached hydrogen (secondary N) is 1. The number of thiophene rings is 1. The topological polar surface area (TPSA) is 38.0 Å². The molecule has 4 heteroatoms. The molecule has 2 aromatic rings. The van der Waals surface area contributed by atoms with Crippen LogP contribution in [0.25, 0.3) is 0 Å². The lowest BCUT2D eigenvalue weighted by Gasteiger charge is -2.26. The smallest absolute Gasteiger partial charge is 0.0718 e.